The third kappa shape index (κ3) is 10.5. The van der Waals surface area contributed by atoms with Crippen molar-refractivity contribution in [2.45, 2.75) is 64.6 Å². The zero-order valence-corrected chi connectivity index (χ0v) is 21.0. The number of ether oxygens (including phenoxy) is 2. The Morgan fingerprint density at radius 2 is 1.75 bits per heavy atom. The molecule has 0 bridgehead atoms. The van der Waals surface area contributed by atoms with Crippen molar-refractivity contribution >= 4 is 29.8 Å². The Hall–Kier alpha value is -4.07. The number of primary amides is 1. The number of esters is 1. The lowest BCUT2D eigenvalue weighted by molar-refractivity contribution is -0.143. The molecule has 0 saturated carbocycles. The average molecular weight is 503 g/mol. The van der Waals surface area contributed by atoms with Gasteiger partial charge >= 0.3 is 12.1 Å². The summed E-state index contributed by atoms with van der Waals surface area (Å²) in [5.41, 5.74) is 4.78. The fourth-order valence-electron chi connectivity index (χ4n) is 3.10. The van der Waals surface area contributed by atoms with Crippen molar-refractivity contribution in [3.8, 4) is 12.5 Å². The van der Waals surface area contributed by atoms with Crippen molar-refractivity contribution in [3.63, 3.8) is 0 Å². The number of carbonyl (C=O) groups is 5. The molecular weight excluding hydrogens is 468 g/mol. The van der Waals surface area contributed by atoms with Crippen LogP contribution in [0, 0.1) is 12.5 Å². The molecule has 0 radical (unpaired) electrons. The number of hydrogen-bond donors (Lipinski definition) is 3. The van der Waals surface area contributed by atoms with Crippen LogP contribution in [0.2, 0.25) is 0 Å². The molecule has 0 heterocycles. The highest BCUT2D eigenvalue weighted by Gasteiger charge is 2.35. The Kier molecular flexibility index (Phi) is 11.9. The molecule has 4 N–H and O–H groups in total. The fraction of sp³-hybridized carbons (Fsp3) is 0.480. The van der Waals surface area contributed by atoms with Gasteiger partial charge in [-0.05, 0) is 39.7 Å². The first-order chi connectivity index (χ1) is 16.9. The minimum Gasteiger partial charge on any atom is -0.466 e. The molecule has 1 aromatic rings. The Bertz CT molecular complexity index is 967. The second kappa shape index (κ2) is 14.4. The number of nitrogens with two attached hydrogens (primary N) is 1. The normalized spacial score (nSPS) is 12.3. The summed E-state index contributed by atoms with van der Waals surface area (Å²) >= 11 is 0. The summed E-state index contributed by atoms with van der Waals surface area (Å²) in [6.07, 6.45) is 4.28. The molecule has 0 aromatic heterocycles. The quantitative estimate of drug-likeness (QED) is 0.221. The van der Waals surface area contributed by atoms with E-state index < -0.39 is 47.5 Å². The maximum absolute atomic E-state index is 13.5. The van der Waals surface area contributed by atoms with Gasteiger partial charge in [-0.15, -0.1) is 0 Å². The minimum absolute atomic E-state index is 0.0468. The van der Waals surface area contributed by atoms with Gasteiger partial charge in [0.15, 0.2) is 0 Å². The van der Waals surface area contributed by atoms with Gasteiger partial charge in [0.25, 0.3) is 5.91 Å². The Balaban J connectivity index is 3.23. The van der Waals surface area contributed by atoms with Crippen LogP contribution in [0.3, 0.4) is 0 Å². The van der Waals surface area contributed by atoms with Gasteiger partial charge in [0, 0.05) is 19.0 Å². The summed E-state index contributed by atoms with van der Waals surface area (Å²) < 4.78 is 10.1. The van der Waals surface area contributed by atoms with E-state index in [0.717, 1.165) is 4.90 Å². The van der Waals surface area contributed by atoms with Crippen molar-refractivity contribution in [1.82, 2.24) is 15.5 Å². The number of terminal acetylenes is 1. The molecule has 0 aliphatic carbocycles. The number of rotatable bonds is 12. The molecule has 11 nitrogen and oxygen atoms in total. The first kappa shape index (κ1) is 30.0. The van der Waals surface area contributed by atoms with Gasteiger partial charge in [0.05, 0.1) is 13.0 Å². The van der Waals surface area contributed by atoms with Gasteiger partial charge in [-0.1, -0.05) is 36.8 Å². The maximum Gasteiger partial charge on any atom is 0.408 e. The smallest absolute Gasteiger partial charge is 0.408 e. The van der Waals surface area contributed by atoms with E-state index in [0.29, 0.717) is 5.56 Å². The van der Waals surface area contributed by atoms with Crippen LogP contribution in [0.4, 0.5) is 4.79 Å². The number of amides is 4. The molecule has 11 heteroatoms. The van der Waals surface area contributed by atoms with Gasteiger partial charge in [-0.2, -0.15) is 0 Å². The molecule has 0 spiro atoms. The monoisotopic (exact) mass is 502 g/mol. The lowest BCUT2D eigenvalue weighted by atomic mass is 10.0. The summed E-state index contributed by atoms with van der Waals surface area (Å²) in [6.45, 7) is 6.76. The average Bonchev–Trinajstić information content (AvgIpc) is 2.79. The Labute approximate surface area is 211 Å². The predicted molar refractivity (Wildman–Crippen MR) is 131 cm³/mol. The second-order valence-electron chi connectivity index (χ2n) is 8.70. The molecule has 2 unspecified atom stereocenters. The first-order valence-electron chi connectivity index (χ1n) is 11.4. The van der Waals surface area contributed by atoms with Crippen LogP contribution in [-0.4, -0.2) is 59.5 Å². The molecule has 0 aliphatic heterocycles. The highest BCUT2D eigenvalue weighted by Crippen LogP contribution is 2.22. The van der Waals surface area contributed by atoms with Crippen LogP contribution in [0.25, 0.3) is 0 Å². The van der Waals surface area contributed by atoms with Crippen LogP contribution in [-0.2, 0) is 28.7 Å². The molecule has 0 saturated heterocycles. The number of benzene rings is 1. The molecule has 1 rings (SSSR count). The molecule has 0 aliphatic rings. The van der Waals surface area contributed by atoms with Crippen molar-refractivity contribution in [2.24, 2.45) is 5.73 Å². The molecule has 2 atom stereocenters. The minimum atomic E-state index is -1.30. The fourth-order valence-corrected chi connectivity index (χ4v) is 3.10. The second-order valence-corrected chi connectivity index (χ2v) is 8.70. The molecular formula is C25H34N4O7. The van der Waals surface area contributed by atoms with Gasteiger partial charge in [-0.3, -0.25) is 24.1 Å². The number of alkyl carbamates (subject to hydrolysis) is 1. The third-order valence-electron chi connectivity index (χ3n) is 4.60. The van der Waals surface area contributed by atoms with Crippen LogP contribution in [0.5, 0.6) is 0 Å². The predicted octanol–water partition coefficient (Wildman–Crippen LogP) is 1.38. The number of carbonyl (C=O) groups excluding carboxylic acids is 5. The summed E-state index contributed by atoms with van der Waals surface area (Å²) in [5.74, 6) is -2.66. The van der Waals surface area contributed by atoms with E-state index in [1.807, 2.05) is 0 Å². The van der Waals surface area contributed by atoms with E-state index in [-0.39, 0.29) is 32.4 Å². The summed E-state index contributed by atoms with van der Waals surface area (Å²) in [4.78, 5) is 62.8. The zero-order valence-electron chi connectivity index (χ0n) is 21.0. The van der Waals surface area contributed by atoms with E-state index in [4.69, 9.17) is 21.6 Å². The van der Waals surface area contributed by atoms with E-state index in [2.05, 4.69) is 16.7 Å². The Morgan fingerprint density at radius 3 is 2.28 bits per heavy atom. The molecule has 1 aromatic carbocycles. The van der Waals surface area contributed by atoms with Crippen LogP contribution in [0.1, 0.15) is 58.6 Å². The van der Waals surface area contributed by atoms with E-state index in [1.165, 1.54) is 0 Å². The lowest BCUT2D eigenvalue weighted by Gasteiger charge is -2.30. The SMILES string of the molecule is C#CN(C(=O)C(CCC(N)=O)NC(=O)OC(C)(C)C)C(C(=O)NCCC(=O)OCC)c1ccccc1. The topological polar surface area (TPSA) is 157 Å². The van der Waals surface area contributed by atoms with Gasteiger partial charge in [0.2, 0.25) is 11.8 Å². The van der Waals surface area contributed by atoms with Gasteiger partial charge in [-0.25, -0.2) is 4.79 Å². The van der Waals surface area contributed by atoms with Crippen molar-refractivity contribution in [3.05, 3.63) is 35.9 Å². The largest absolute Gasteiger partial charge is 0.466 e. The molecule has 0 fully saturated rings. The van der Waals surface area contributed by atoms with Crippen LogP contribution in [0.15, 0.2) is 30.3 Å². The van der Waals surface area contributed by atoms with E-state index in [9.17, 15) is 24.0 Å². The highest BCUT2D eigenvalue weighted by molar-refractivity contribution is 5.93. The number of hydrogen-bond acceptors (Lipinski definition) is 7. The van der Waals surface area contributed by atoms with E-state index in [1.54, 1.807) is 58.0 Å². The number of nitrogens with one attached hydrogen (secondary N) is 2. The third-order valence-corrected chi connectivity index (χ3v) is 4.60. The first-order valence-corrected chi connectivity index (χ1v) is 11.4. The zero-order chi connectivity index (χ0) is 27.3. The van der Waals surface area contributed by atoms with Crippen molar-refractivity contribution < 1.29 is 33.4 Å². The van der Waals surface area contributed by atoms with Crippen LogP contribution >= 0.6 is 0 Å². The highest BCUT2D eigenvalue weighted by atomic mass is 16.6. The van der Waals surface area contributed by atoms with E-state index >= 15 is 0 Å². The summed E-state index contributed by atoms with van der Waals surface area (Å²) in [7, 11) is 0. The lowest BCUT2D eigenvalue weighted by Crippen LogP contribution is -2.51. The number of nitrogens with zero attached hydrogens (tertiary/aromatic N) is 1. The van der Waals surface area contributed by atoms with Crippen LogP contribution < -0.4 is 16.4 Å². The molecule has 4 amide bonds. The summed E-state index contributed by atoms with van der Waals surface area (Å²) in [6, 6.07) is 7.88. The Morgan fingerprint density at radius 1 is 1.11 bits per heavy atom. The van der Waals surface area contributed by atoms with Gasteiger partial charge < -0.3 is 25.8 Å². The standard InChI is InChI=1S/C25H34N4O7/c1-6-29(23(33)18(13-14-19(26)30)28-24(34)36-25(3,4)5)21(17-11-9-8-10-12-17)22(32)27-16-15-20(31)35-7-2/h1,8-12,18,21H,7,13-16H2,2-5H3,(H2,26,30)(H,27,32)(H,28,34). The maximum atomic E-state index is 13.5. The molecule has 196 valence electrons. The van der Waals surface area contributed by atoms with Gasteiger partial charge in [0.1, 0.15) is 17.7 Å². The van der Waals surface area contributed by atoms with Crippen molar-refractivity contribution in [1.29, 1.82) is 0 Å². The molecule has 36 heavy (non-hydrogen) atoms. The van der Waals surface area contributed by atoms with Crippen molar-refractivity contribution in [2.75, 3.05) is 13.2 Å². The summed E-state index contributed by atoms with van der Waals surface area (Å²) in [5, 5.41) is 5.00.